The zero-order chi connectivity index (χ0) is 42.8. The van der Waals surface area contributed by atoms with Crippen molar-refractivity contribution in [2.24, 2.45) is 10.8 Å². The Balaban J connectivity index is 0.000000189. The van der Waals surface area contributed by atoms with E-state index in [9.17, 15) is 16.8 Å². The Bertz CT molecular complexity index is 2390. The highest BCUT2D eigenvalue weighted by molar-refractivity contribution is 7.99. The van der Waals surface area contributed by atoms with Gasteiger partial charge in [-0.05, 0) is 151 Å². The van der Waals surface area contributed by atoms with Crippen LogP contribution in [-0.4, -0.2) is 52.9 Å². The van der Waals surface area contributed by atoms with Gasteiger partial charge in [0, 0.05) is 28.7 Å². The number of benzene rings is 5. The molecule has 3 aliphatic carbocycles. The first-order chi connectivity index (χ1) is 29.5. The highest BCUT2D eigenvalue weighted by atomic mass is 35.5. The van der Waals surface area contributed by atoms with Crippen LogP contribution in [0.4, 0.5) is 0 Å². The topological polar surface area (TPSA) is 92.3 Å². The van der Waals surface area contributed by atoms with E-state index < -0.39 is 20.0 Å². The van der Waals surface area contributed by atoms with Crippen molar-refractivity contribution in [1.82, 2.24) is 9.44 Å². The molecule has 0 bridgehead atoms. The van der Waals surface area contributed by atoms with Crippen molar-refractivity contribution in [2.45, 2.75) is 105 Å². The first kappa shape index (κ1) is 46.2. The Morgan fingerprint density at radius 2 is 1.10 bits per heavy atom. The van der Waals surface area contributed by atoms with Crippen molar-refractivity contribution in [1.29, 1.82) is 0 Å². The molecule has 0 heterocycles. The second-order valence-corrected chi connectivity index (χ2v) is 23.9. The van der Waals surface area contributed by atoms with E-state index >= 15 is 0 Å². The Kier molecular flexibility index (Phi) is 16.1. The zero-order valence-electron chi connectivity index (χ0n) is 35.4. The lowest BCUT2D eigenvalue weighted by Gasteiger charge is -2.42. The standard InChI is InChI=1S/C29H35NO2S2.C21H26ClNO2S2/c31-34(32,28-12-5-8-25-7-1-4-11-27(25)28)30-22-29(18-6-19-29)21-24-15-13-23(14-16-24)17-20-33-26-9-2-3-10-26;1-26-14-11-17-3-5-18(6-4-17)15-21(12-2-13-21)16-23-27(24,25)20-9-7-19(22)8-10-20/h1,4-5,7-8,11-16,26,30H,2-3,6,9-10,17-22H2;3-10,23H,2,11-16H2,1H3. The van der Waals surface area contributed by atoms with Gasteiger partial charge in [0.2, 0.25) is 20.0 Å². The summed E-state index contributed by atoms with van der Waals surface area (Å²) in [5.74, 6) is 2.35. The minimum atomic E-state index is -3.57. The summed E-state index contributed by atoms with van der Waals surface area (Å²) in [6.07, 6.45) is 18.4. The molecule has 0 radical (unpaired) electrons. The average molecular weight is 918 g/mol. The molecule has 8 rings (SSSR count). The van der Waals surface area contributed by atoms with Gasteiger partial charge < -0.3 is 0 Å². The fourth-order valence-electron chi connectivity index (χ4n) is 9.02. The molecule has 6 nitrogen and oxygen atoms in total. The van der Waals surface area contributed by atoms with Crippen LogP contribution in [0.1, 0.15) is 86.5 Å². The number of aryl methyl sites for hydroxylation is 2. The summed E-state index contributed by atoms with van der Waals surface area (Å²) in [5.41, 5.74) is 5.43. The predicted octanol–water partition coefficient (Wildman–Crippen LogP) is 11.7. The molecule has 61 heavy (non-hydrogen) atoms. The molecule has 3 fully saturated rings. The van der Waals surface area contributed by atoms with Gasteiger partial charge in [0.05, 0.1) is 9.79 Å². The van der Waals surface area contributed by atoms with Crippen LogP contribution in [-0.2, 0) is 45.7 Å². The third-order valence-electron chi connectivity index (χ3n) is 13.1. The average Bonchev–Trinajstić information content (AvgIpc) is 3.77. The van der Waals surface area contributed by atoms with Gasteiger partial charge in [0.1, 0.15) is 0 Å². The largest absolute Gasteiger partial charge is 0.241 e. The molecule has 2 N–H and O–H groups in total. The zero-order valence-corrected chi connectivity index (χ0v) is 39.4. The Labute approximate surface area is 378 Å². The van der Waals surface area contributed by atoms with Gasteiger partial charge in [0.15, 0.2) is 0 Å². The predicted molar refractivity (Wildman–Crippen MR) is 259 cm³/mol. The second kappa shape index (κ2) is 21.2. The smallest absolute Gasteiger partial charge is 0.211 e. The van der Waals surface area contributed by atoms with E-state index in [1.165, 1.54) is 60.1 Å². The summed E-state index contributed by atoms with van der Waals surface area (Å²) in [4.78, 5) is 0.638. The molecule has 5 aromatic carbocycles. The fourth-order valence-corrected chi connectivity index (χ4v) is 13.5. The van der Waals surface area contributed by atoms with Gasteiger partial charge in [-0.2, -0.15) is 23.5 Å². The van der Waals surface area contributed by atoms with Gasteiger partial charge in [-0.25, -0.2) is 26.3 Å². The number of rotatable bonds is 19. The van der Waals surface area contributed by atoms with Gasteiger partial charge in [-0.1, -0.05) is 122 Å². The third kappa shape index (κ3) is 12.7. The number of thioether (sulfide) groups is 2. The molecule has 3 aliphatic rings. The van der Waals surface area contributed by atoms with E-state index in [1.54, 1.807) is 30.3 Å². The van der Waals surface area contributed by atoms with Crippen molar-refractivity contribution in [3.05, 3.63) is 143 Å². The molecular formula is C50H61ClN2O4S4. The second-order valence-electron chi connectivity index (χ2n) is 17.5. The number of hydrogen-bond donors (Lipinski definition) is 2. The van der Waals surface area contributed by atoms with E-state index in [0.717, 1.165) is 79.6 Å². The molecule has 0 aliphatic heterocycles. The number of halogens is 1. The van der Waals surface area contributed by atoms with Crippen molar-refractivity contribution in [3.63, 3.8) is 0 Å². The normalized spacial score (nSPS) is 17.3. The van der Waals surface area contributed by atoms with Crippen molar-refractivity contribution < 1.29 is 16.8 Å². The van der Waals surface area contributed by atoms with Gasteiger partial charge in [-0.15, -0.1) is 0 Å². The molecule has 0 saturated heterocycles. The van der Waals surface area contributed by atoms with E-state index in [4.69, 9.17) is 11.6 Å². The number of hydrogen-bond acceptors (Lipinski definition) is 6. The van der Waals surface area contributed by atoms with Gasteiger partial charge >= 0.3 is 0 Å². The lowest BCUT2D eigenvalue weighted by molar-refractivity contribution is 0.139. The SMILES string of the molecule is CSCCc1ccc(CC2(CNS(=O)(=O)c3ccc(Cl)cc3)CCC2)cc1.O=S(=O)(NCC1(Cc2ccc(CCSC3CCCC3)cc2)CCC1)c1cccc2ccccc12. The molecule has 0 amide bonds. The Hall–Kier alpha value is -2.83. The number of fused-ring (bicyclic) bond motifs is 1. The Morgan fingerprint density at radius 1 is 0.590 bits per heavy atom. The lowest BCUT2D eigenvalue weighted by Crippen LogP contribution is -2.43. The van der Waals surface area contributed by atoms with Crippen LogP contribution in [0.5, 0.6) is 0 Å². The molecule has 0 aromatic heterocycles. The minimum Gasteiger partial charge on any atom is -0.211 e. The summed E-state index contributed by atoms with van der Waals surface area (Å²) in [6, 6.07) is 37.3. The van der Waals surface area contributed by atoms with Crippen LogP contribution in [0.15, 0.2) is 125 Å². The van der Waals surface area contributed by atoms with E-state index in [0.29, 0.717) is 23.0 Å². The molecule has 5 aromatic rings. The van der Waals surface area contributed by atoms with E-state index in [-0.39, 0.29) is 15.7 Å². The highest BCUT2D eigenvalue weighted by Gasteiger charge is 2.39. The van der Waals surface area contributed by atoms with Gasteiger partial charge in [0.25, 0.3) is 0 Å². The fraction of sp³-hybridized carbons (Fsp3) is 0.440. The molecular weight excluding hydrogens is 856 g/mol. The Morgan fingerprint density at radius 3 is 1.64 bits per heavy atom. The molecule has 3 saturated carbocycles. The first-order valence-electron chi connectivity index (χ1n) is 21.9. The molecule has 0 spiro atoms. The quantitative estimate of drug-likeness (QED) is 0.0857. The van der Waals surface area contributed by atoms with Crippen LogP contribution >= 0.6 is 35.1 Å². The third-order valence-corrected chi connectivity index (χ3v) is 18.2. The maximum Gasteiger partial charge on any atom is 0.241 e. The summed E-state index contributed by atoms with van der Waals surface area (Å²) in [7, 11) is -7.07. The summed E-state index contributed by atoms with van der Waals surface area (Å²) < 4.78 is 57.4. The maximum atomic E-state index is 13.2. The first-order valence-corrected chi connectivity index (χ1v) is 27.7. The minimum absolute atomic E-state index is 0.0253. The summed E-state index contributed by atoms with van der Waals surface area (Å²) in [6.45, 7) is 0.977. The molecule has 0 atom stereocenters. The molecule has 0 unspecified atom stereocenters. The van der Waals surface area contributed by atoms with E-state index in [2.05, 4.69) is 76.0 Å². The van der Waals surface area contributed by atoms with E-state index in [1.807, 2.05) is 48.2 Å². The number of nitrogens with one attached hydrogen (secondary N) is 2. The van der Waals surface area contributed by atoms with Crippen LogP contribution in [0.25, 0.3) is 10.8 Å². The van der Waals surface area contributed by atoms with Crippen molar-refractivity contribution in [3.8, 4) is 0 Å². The van der Waals surface area contributed by atoms with Crippen LogP contribution < -0.4 is 9.44 Å². The van der Waals surface area contributed by atoms with Crippen molar-refractivity contribution in [2.75, 3.05) is 30.9 Å². The summed E-state index contributed by atoms with van der Waals surface area (Å²) >= 11 is 9.86. The van der Waals surface area contributed by atoms with Crippen LogP contribution in [0, 0.1) is 10.8 Å². The van der Waals surface area contributed by atoms with Gasteiger partial charge in [-0.3, -0.25) is 0 Å². The number of sulfonamides is 2. The maximum absolute atomic E-state index is 13.2. The lowest BCUT2D eigenvalue weighted by atomic mass is 9.65. The highest BCUT2D eigenvalue weighted by Crippen LogP contribution is 2.45. The van der Waals surface area contributed by atoms with Crippen molar-refractivity contribution >= 4 is 65.9 Å². The molecule has 11 heteroatoms. The van der Waals surface area contributed by atoms with Crippen LogP contribution in [0.2, 0.25) is 5.02 Å². The van der Waals surface area contributed by atoms with Crippen LogP contribution in [0.3, 0.4) is 0 Å². The monoisotopic (exact) mass is 916 g/mol. The summed E-state index contributed by atoms with van der Waals surface area (Å²) in [5, 5.41) is 3.15. The molecule has 326 valence electrons.